The number of ether oxygens (including phenoxy) is 5. The molecule has 21 nitrogen and oxygen atoms in total. The van der Waals surface area contributed by atoms with Crippen molar-refractivity contribution in [3.8, 4) is 5.75 Å². The maximum Gasteiger partial charge on any atom is 0.409 e. The molecule has 0 spiro atoms. The summed E-state index contributed by atoms with van der Waals surface area (Å²) in [5.74, 6) is -5.17. The number of aliphatic hydroxyl groups is 1. The highest BCUT2D eigenvalue weighted by atomic mass is 35.5. The van der Waals surface area contributed by atoms with E-state index in [4.69, 9.17) is 40.1 Å². The molecule has 4 aliphatic heterocycles. The monoisotopic (exact) mass is 1070 g/mol. The van der Waals surface area contributed by atoms with Gasteiger partial charge in [0, 0.05) is 63.3 Å². The summed E-state index contributed by atoms with van der Waals surface area (Å²) in [6.45, 7) is 10.4. The van der Waals surface area contributed by atoms with Gasteiger partial charge in [-0.3, -0.25) is 29.0 Å². The fourth-order valence-electron chi connectivity index (χ4n) is 8.40. The molecule has 1 aromatic carbocycles. The van der Waals surface area contributed by atoms with Crippen molar-refractivity contribution in [3.63, 3.8) is 0 Å². The van der Waals surface area contributed by atoms with Crippen molar-refractivity contribution in [1.82, 2.24) is 15.3 Å². The van der Waals surface area contributed by atoms with Gasteiger partial charge in [-0.15, -0.1) is 5.06 Å². The van der Waals surface area contributed by atoms with Gasteiger partial charge in [0.25, 0.3) is 21.9 Å². The van der Waals surface area contributed by atoms with Crippen LogP contribution in [0.2, 0.25) is 5.02 Å². The molecule has 0 aromatic heterocycles. The Bertz CT molecular complexity index is 2410. The third kappa shape index (κ3) is 14.0. The van der Waals surface area contributed by atoms with Gasteiger partial charge in [0.05, 0.1) is 25.3 Å². The van der Waals surface area contributed by atoms with Crippen LogP contribution in [-0.2, 0) is 69.1 Å². The van der Waals surface area contributed by atoms with Crippen molar-refractivity contribution in [2.24, 2.45) is 5.92 Å². The number of rotatable bonds is 16. The van der Waals surface area contributed by atoms with Crippen molar-refractivity contribution in [2.75, 3.05) is 39.0 Å². The maximum absolute atomic E-state index is 14.3. The predicted octanol–water partition coefficient (Wildman–Crippen LogP) is 4.71. The normalized spacial score (nSPS) is 27.2. The summed E-state index contributed by atoms with van der Waals surface area (Å²) in [5, 5.41) is 12.6. The first kappa shape index (κ1) is 57.5. The van der Waals surface area contributed by atoms with Crippen LogP contribution < -0.4 is 15.0 Å². The number of amides is 5. The third-order valence-electron chi connectivity index (χ3n) is 13.0. The van der Waals surface area contributed by atoms with Crippen LogP contribution in [0, 0.1) is 5.92 Å². The number of hydroxylamine groups is 2. The van der Waals surface area contributed by atoms with Crippen LogP contribution in [0.15, 0.2) is 35.9 Å². The Balaban J connectivity index is 1.29. The molecule has 25 heteroatoms. The van der Waals surface area contributed by atoms with Gasteiger partial charge in [0.1, 0.15) is 40.7 Å². The first-order valence-corrected chi connectivity index (χ1v) is 26.9. The molecule has 5 rings (SSSR count). The largest absolute Gasteiger partial charge is 0.495 e. The number of carbonyl (C=O) groups excluding carboxylic acids is 7. The summed E-state index contributed by atoms with van der Waals surface area (Å²) in [6.07, 6.45) is -0.390. The lowest BCUT2D eigenvalue weighted by molar-refractivity contribution is -0.197. The number of nitrogens with zero attached hydrogens (tertiary/aromatic N) is 3. The van der Waals surface area contributed by atoms with Gasteiger partial charge in [-0.25, -0.2) is 14.4 Å². The molecule has 71 heavy (non-hydrogen) atoms. The minimum atomic E-state index is -4.97. The number of fused-ring (bicyclic) bond motifs is 5. The minimum Gasteiger partial charge on any atom is -0.495 e. The summed E-state index contributed by atoms with van der Waals surface area (Å²) in [4.78, 5) is 98.6. The van der Waals surface area contributed by atoms with Crippen LogP contribution in [0.25, 0.3) is 0 Å². The minimum absolute atomic E-state index is 0.00994. The van der Waals surface area contributed by atoms with Crippen LogP contribution in [-0.4, -0.2) is 156 Å². The molecule has 3 saturated heterocycles. The second-order valence-corrected chi connectivity index (χ2v) is 24.0. The fraction of sp³-hybridized carbons (Fsp3) is 0.630. The highest BCUT2D eigenvalue weighted by molar-refractivity contribution is 8.77. The van der Waals surface area contributed by atoms with Gasteiger partial charge in [-0.2, -0.15) is 8.42 Å². The summed E-state index contributed by atoms with van der Waals surface area (Å²) in [6, 6.07) is 2.34. The SMILES string of the molecule is COc1cc2cc(c1Cl)N(C)C(=O)CC(OC(=O)C(C)N(C)C(=O)CCC(C)(C)SSCCC(C(=O)ON1C(=O)CCC1=O)S(=O)(=O)O)C1(C)OC1C(C)C1CC(O)(NC(=O)O1)C(OC)C=CC=C(C)C2. The molecule has 1 aromatic rings. The lowest BCUT2D eigenvalue weighted by Crippen LogP contribution is -2.63. The summed E-state index contributed by atoms with van der Waals surface area (Å²) >= 11 is 6.80. The molecule has 0 radical (unpaired) electrons. The van der Waals surface area contributed by atoms with Gasteiger partial charge in [-0.05, 0) is 71.6 Å². The smallest absolute Gasteiger partial charge is 0.409 e. The van der Waals surface area contributed by atoms with Crippen LogP contribution in [0.4, 0.5) is 10.5 Å². The Morgan fingerprint density at radius 3 is 2.38 bits per heavy atom. The number of epoxide rings is 1. The molecular weight excluding hydrogens is 1010 g/mol. The first-order chi connectivity index (χ1) is 33.0. The fourth-order valence-corrected chi connectivity index (χ4v) is 12.2. The first-order valence-electron chi connectivity index (χ1n) is 22.7. The van der Waals surface area contributed by atoms with Crippen LogP contribution in [0.5, 0.6) is 5.75 Å². The van der Waals surface area contributed by atoms with E-state index in [9.17, 15) is 51.6 Å². The molecule has 9 unspecified atom stereocenters. The van der Waals surface area contributed by atoms with Crippen molar-refractivity contribution in [2.45, 2.75) is 145 Å². The number of carbonyl (C=O) groups is 7. The van der Waals surface area contributed by atoms with Crippen molar-refractivity contribution in [3.05, 3.63) is 46.5 Å². The second-order valence-electron chi connectivity index (χ2n) is 18.9. The van der Waals surface area contributed by atoms with Crippen LogP contribution >= 0.6 is 33.2 Å². The number of benzene rings is 1. The third-order valence-corrected chi connectivity index (χ3v) is 17.9. The lowest BCUT2D eigenvalue weighted by atomic mass is 9.83. The highest BCUT2D eigenvalue weighted by Gasteiger charge is 2.64. The quantitative estimate of drug-likeness (QED) is 0.0505. The molecule has 5 amide bonds. The van der Waals surface area contributed by atoms with E-state index in [-0.39, 0.29) is 47.9 Å². The van der Waals surface area contributed by atoms with E-state index in [1.807, 2.05) is 26.8 Å². The Morgan fingerprint density at radius 2 is 1.76 bits per heavy atom. The zero-order valence-corrected chi connectivity index (χ0v) is 44.5. The number of nitrogens with one attached hydrogen (secondary N) is 1. The number of methoxy groups -OCH3 is 2. The number of likely N-dealkylation sites (N-methyl/N-ethyl adjacent to an activating group) is 1. The molecule has 4 heterocycles. The van der Waals surface area contributed by atoms with Crippen LogP contribution in [0.1, 0.15) is 92.1 Å². The van der Waals surface area contributed by atoms with Gasteiger partial charge in [0.15, 0.2) is 11.0 Å². The Hall–Kier alpha value is -4.43. The van der Waals surface area contributed by atoms with Crippen molar-refractivity contribution < 1.29 is 80.2 Å². The van der Waals surface area contributed by atoms with Gasteiger partial charge in [0.2, 0.25) is 11.8 Å². The molecule has 4 aliphatic rings. The molecular formula is C46H63ClN4O17S3. The van der Waals surface area contributed by atoms with E-state index in [1.165, 1.54) is 55.8 Å². The number of hydrogen-bond acceptors (Lipinski definition) is 18. The second kappa shape index (κ2) is 23.2. The number of alkyl carbamates (subject to hydrolysis) is 1. The number of allylic oxidation sites excluding steroid dienone is 3. The summed E-state index contributed by atoms with van der Waals surface area (Å²) in [5.41, 5.74) is -1.27. The van der Waals surface area contributed by atoms with E-state index in [2.05, 4.69) is 5.32 Å². The highest BCUT2D eigenvalue weighted by Crippen LogP contribution is 2.49. The van der Waals surface area contributed by atoms with Crippen LogP contribution in [0.3, 0.4) is 0 Å². The summed E-state index contributed by atoms with van der Waals surface area (Å²) < 4.78 is 62.5. The molecule has 0 aliphatic carbocycles. The Morgan fingerprint density at radius 1 is 1.10 bits per heavy atom. The Labute approximate surface area is 426 Å². The summed E-state index contributed by atoms with van der Waals surface area (Å²) in [7, 11) is 3.28. The lowest BCUT2D eigenvalue weighted by Gasteiger charge is -2.42. The molecule has 3 fully saturated rings. The number of esters is 1. The standard InChI is InChI=1S/C46H63ClN4O17S3/c1-25-12-11-13-33(64-10)46(59)24-31(65-43(58)48-46)26(2)40-45(6,67-40)34(23-38(55)50(8)29-21-28(20-25)22-30(63-9)39(29)47)66-41(56)27(3)49(7)35(52)16-18-44(4,5)70-69-19-17-32(71(60,61)62)42(57)68-51-36(53)14-15-37(51)54/h11-13,21-22,26-27,31-34,40,59H,14-20,23-24H2,1-10H3,(H,48,58)(H,60,61,62). The van der Waals surface area contributed by atoms with Gasteiger partial charge in [-0.1, -0.05) is 63.9 Å². The number of anilines is 1. The van der Waals surface area contributed by atoms with E-state index in [1.54, 1.807) is 38.1 Å². The predicted molar refractivity (Wildman–Crippen MR) is 261 cm³/mol. The van der Waals surface area contributed by atoms with Gasteiger partial charge >= 0.3 is 18.0 Å². The number of imide groups is 1. The topological polar surface area (TPSA) is 275 Å². The average molecular weight is 1080 g/mol. The Kier molecular flexibility index (Phi) is 18.8. The molecule has 4 bridgehead atoms. The number of hydrogen-bond donors (Lipinski definition) is 3. The van der Waals surface area contributed by atoms with E-state index >= 15 is 0 Å². The van der Waals surface area contributed by atoms with Crippen molar-refractivity contribution >= 4 is 90.7 Å². The maximum atomic E-state index is 14.3. The molecule has 9 atom stereocenters. The molecule has 3 N–H and O–H groups in total. The van der Waals surface area contributed by atoms with E-state index in [0.717, 1.165) is 21.9 Å². The van der Waals surface area contributed by atoms with Gasteiger partial charge < -0.3 is 43.4 Å². The zero-order valence-electron chi connectivity index (χ0n) is 41.3. The van der Waals surface area contributed by atoms with E-state index in [0.29, 0.717) is 17.9 Å². The number of halogens is 1. The zero-order chi connectivity index (χ0) is 53.0. The van der Waals surface area contributed by atoms with Crippen molar-refractivity contribution in [1.29, 1.82) is 0 Å². The van der Waals surface area contributed by atoms with E-state index < -0.39 is 122 Å². The molecule has 394 valence electrons. The average Bonchev–Trinajstić information content (AvgIpc) is 3.90. The molecule has 0 saturated carbocycles.